The lowest BCUT2D eigenvalue weighted by molar-refractivity contribution is -0.119. The summed E-state index contributed by atoms with van der Waals surface area (Å²) in [5.74, 6) is 0.120. The van der Waals surface area contributed by atoms with Crippen molar-refractivity contribution in [3.63, 3.8) is 0 Å². The van der Waals surface area contributed by atoms with Crippen LogP contribution in [0.2, 0.25) is 5.02 Å². The predicted octanol–water partition coefficient (Wildman–Crippen LogP) is 1.41. The highest BCUT2D eigenvalue weighted by Crippen LogP contribution is 2.37. The Hall–Kier alpha value is -1.49. The number of amides is 2. The molecule has 102 valence electrons. The lowest BCUT2D eigenvalue weighted by Gasteiger charge is -2.38. The Morgan fingerprint density at radius 3 is 2.63 bits per heavy atom. The summed E-state index contributed by atoms with van der Waals surface area (Å²) in [4.78, 5) is 28.3. The normalized spacial score (nSPS) is 21.7. The smallest absolute Gasteiger partial charge is 0.270 e. The monoisotopic (exact) mass is 281 g/mol. The van der Waals surface area contributed by atoms with Gasteiger partial charge in [0.05, 0.1) is 5.02 Å². The number of carbonyl (C=O) groups is 2. The highest BCUT2D eigenvalue weighted by molar-refractivity contribution is 6.30. The number of nitrogens with zero attached hydrogens (tertiary/aromatic N) is 1. The highest BCUT2D eigenvalue weighted by atomic mass is 35.5. The minimum absolute atomic E-state index is 0.0148. The number of halogens is 1. The second-order valence-electron chi connectivity index (χ2n) is 5.48. The first-order valence-corrected chi connectivity index (χ1v) is 6.86. The molecule has 1 spiro atoms. The molecule has 0 saturated carbocycles. The van der Waals surface area contributed by atoms with Crippen molar-refractivity contribution in [1.82, 2.24) is 15.2 Å². The van der Waals surface area contributed by atoms with Crippen molar-refractivity contribution in [2.45, 2.75) is 19.3 Å². The van der Waals surface area contributed by atoms with Crippen LogP contribution in [0.5, 0.6) is 0 Å². The van der Waals surface area contributed by atoms with E-state index in [0.717, 1.165) is 19.4 Å². The van der Waals surface area contributed by atoms with Gasteiger partial charge in [-0.1, -0.05) is 11.6 Å². The van der Waals surface area contributed by atoms with Crippen molar-refractivity contribution in [1.29, 1.82) is 0 Å². The molecule has 5 nitrogen and oxygen atoms in total. The number of rotatable bonds is 1. The molecule has 0 atom stereocenters. The van der Waals surface area contributed by atoms with Gasteiger partial charge in [-0.3, -0.25) is 9.59 Å². The molecule has 2 aliphatic rings. The Bertz CT molecular complexity index is 518. The van der Waals surface area contributed by atoms with E-state index in [4.69, 9.17) is 11.6 Å². The summed E-state index contributed by atoms with van der Waals surface area (Å²) in [6, 6.07) is 1.65. The number of nitrogens with one attached hydrogen (secondary N) is 2. The minimum Gasteiger partial charge on any atom is -0.356 e. The van der Waals surface area contributed by atoms with E-state index in [1.54, 1.807) is 12.3 Å². The largest absolute Gasteiger partial charge is 0.356 e. The van der Waals surface area contributed by atoms with Crippen LogP contribution in [0.15, 0.2) is 12.3 Å². The number of aromatic nitrogens is 1. The molecule has 2 aliphatic heterocycles. The van der Waals surface area contributed by atoms with Gasteiger partial charge in [-0.05, 0) is 24.3 Å². The zero-order chi connectivity index (χ0) is 13.5. The van der Waals surface area contributed by atoms with E-state index in [9.17, 15) is 9.59 Å². The molecule has 3 heterocycles. The molecule has 0 aromatic carbocycles. The van der Waals surface area contributed by atoms with E-state index in [1.807, 2.05) is 4.90 Å². The van der Waals surface area contributed by atoms with Crippen molar-refractivity contribution in [2.75, 3.05) is 19.6 Å². The first kappa shape index (κ1) is 12.5. The van der Waals surface area contributed by atoms with Gasteiger partial charge in [0.25, 0.3) is 5.91 Å². The van der Waals surface area contributed by atoms with Crippen molar-refractivity contribution >= 4 is 23.4 Å². The maximum absolute atomic E-state index is 12.2. The molecule has 0 aliphatic carbocycles. The Morgan fingerprint density at radius 1 is 1.37 bits per heavy atom. The maximum atomic E-state index is 12.2. The Morgan fingerprint density at radius 2 is 2.11 bits per heavy atom. The quantitative estimate of drug-likeness (QED) is 0.817. The van der Waals surface area contributed by atoms with Crippen LogP contribution >= 0.6 is 11.6 Å². The standard InChI is InChI=1S/C13H16ClN3O2/c14-9-5-10(15-7-9)12(19)17-3-1-13(2-4-17)6-11(18)16-8-13/h5,7,15H,1-4,6,8H2,(H,16,18). The SMILES string of the molecule is O=C1CC2(CCN(C(=O)c3cc(Cl)c[nH]3)CC2)CN1. The molecule has 19 heavy (non-hydrogen) atoms. The van der Waals surface area contributed by atoms with E-state index in [1.165, 1.54) is 0 Å². The summed E-state index contributed by atoms with van der Waals surface area (Å²) >= 11 is 5.81. The second-order valence-corrected chi connectivity index (χ2v) is 5.91. The second kappa shape index (κ2) is 4.56. The summed E-state index contributed by atoms with van der Waals surface area (Å²) in [6.45, 7) is 2.15. The van der Waals surface area contributed by atoms with Crippen molar-refractivity contribution in [3.05, 3.63) is 23.0 Å². The molecule has 0 unspecified atom stereocenters. The average molecular weight is 282 g/mol. The van der Waals surface area contributed by atoms with E-state index >= 15 is 0 Å². The van der Waals surface area contributed by atoms with Crippen LogP contribution in [0.1, 0.15) is 29.8 Å². The van der Waals surface area contributed by atoms with Gasteiger partial charge in [0.1, 0.15) is 5.69 Å². The summed E-state index contributed by atoms with van der Waals surface area (Å²) in [6.07, 6.45) is 3.97. The van der Waals surface area contributed by atoms with Gasteiger partial charge in [-0.15, -0.1) is 0 Å². The van der Waals surface area contributed by atoms with Crippen molar-refractivity contribution in [3.8, 4) is 0 Å². The number of hydrogen-bond acceptors (Lipinski definition) is 2. The number of H-pyrrole nitrogens is 1. The average Bonchev–Trinajstić information content (AvgIpc) is 2.97. The van der Waals surface area contributed by atoms with E-state index in [0.29, 0.717) is 30.2 Å². The number of hydrogen-bond donors (Lipinski definition) is 2. The lowest BCUT2D eigenvalue weighted by atomic mass is 9.77. The summed E-state index contributed by atoms with van der Waals surface area (Å²) in [5, 5.41) is 3.44. The van der Waals surface area contributed by atoms with Gasteiger partial charge in [0, 0.05) is 32.3 Å². The topological polar surface area (TPSA) is 65.2 Å². The number of carbonyl (C=O) groups excluding carboxylic acids is 2. The van der Waals surface area contributed by atoms with E-state index < -0.39 is 0 Å². The zero-order valence-corrected chi connectivity index (χ0v) is 11.3. The molecule has 1 aromatic heterocycles. The van der Waals surface area contributed by atoms with E-state index in [2.05, 4.69) is 10.3 Å². The molecule has 2 N–H and O–H groups in total. The highest BCUT2D eigenvalue weighted by Gasteiger charge is 2.41. The van der Waals surface area contributed by atoms with Gasteiger partial charge in [0.2, 0.25) is 5.91 Å². The van der Waals surface area contributed by atoms with Crippen LogP contribution in [-0.2, 0) is 4.79 Å². The van der Waals surface area contributed by atoms with Crippen molar-refractivity contribution in [2.24, 2.45) is 5.41 Å². The number of aromatic amines is 1. The molecule has 3 rings (SSSR count). The van der Waals surface area contributed by atoms with Gasteiger partial charge in [-0.25, -0.2) is 0 Å². The molecule has 6 heteroatoms. The number of piperidine rings is 1. The van der Waals surface area contributed by atoms with Gasteiger partial charge in [0.15, 0.2) is 0 Å². The third kappa shape index (κ3) is 2.34. The molecule has 1 aromatic rings. The summed E-state index contributed by atoms with van der Waals surface area (Å²) in [5.41, 5.74) is 0.600. The van der Waals surface area contributed by atoms with Crippen LogP contribution in [-0.4, -0.2) is 41.3 Å². The fourth-order valence-electron chi connectivity index (χ4n) is 2.95. The first-order chi connectivity index (χ1) is 9.08. The molecular formula is C13H16ClN3O2. The molecule has 2 saturated heterocycles. The van der Waals surface area contributed by atoms with Crippen LogP contribution < -0.4 is 5.32 Å². The van der Waals surface area contributed by atoms with Crippen LogP contribution in [0.3, 0.4) is 0 Å². The third-order valence-corrected chi connectivity index (χ3v) is 4.40. The maximum Gasteiger partial charge on any atom is 0.270 e. The fraction of sp³-hybridized carbons (Fsp3) is 0.538. The minimum atomic E-state index is -0.0148. The third-order valence-electron chi connectivity index (χ3n) is 4.19. The zero-order valence-electron chi connectivity index (χ0n) is 10.5. The lowest BCUT2D eigenvalue weighted by Crippen LogP contribution is -2.44. The molecule has 0 radical (unpaired) electrons. The Balaban J connectivity index is 1.64. The van der Waals surface area contributed by atoms with E-state index in [-0.39, 0.29) is 17.2 Å². The summed E-state index contributed by atoms with van der Waals surface area (Å²) < 4.78 is 0. The Labute approximate surface area is 116 Å². The fourth-order valence-corrected chi connectivity index (χ4v) is 3.11. The van der Waals surface area contributed by atoms with Crippen molar-refractivity contribution < 1.29 is 9.59 Å². The molecule has 2 amide bonds. The summed E-state index contributed by atoms with van der Waals surface area (Å²) in [7, 11) is 0. The molecule has 0 bridgehead atoms. The predicted molar refractivity (Wildman–Crippen MR) is 71.0 cm³/mol. The van der Waals surface area contributed by atoms with Crippen LogP contribution in [0, 0.1) is 5.41 Å². The Kier molecular flexibility index (Phi) is 3.01. The molecule has 2 fully saturated rings. The first-order valence-electron chi connectivity index (χ1n) is 6.48. The number of likely N-dealkylation sites (tertiary alicyclic amines) is 1. The van der Waals surface area contributed by atoms with Crippen LogP contribution in [0.25, 0.3) is 0 Å². The van der Waals surface area contributed by atoms with Gasteiger partial charge in [-0.2, -0.15) is 0 Å². The molecular weight excluding hydrogens is 266 g/mol. The van der Waals surface area contributed by atoms with Gasteiger partial charge >= 0.3 is 0 Å². The van der Waals surface area contributed by atoms with Gasteiger partial charge < -0.3 is 15.2 Å². The van der Waals surface area contributed by atoms with Crippen LogP contribution in [0.4, 0.5) is 0 Å².